The van der Waals surface area contributed by atoms with Gasteiger partial charge in [0.05, 0.1) is 0 Å². The number of halogens is 3. The summed E-state index contributed by atoms with van der Waals surface area (Å²) in [7, 11) is 1.61. The predicted octanol–water partition coefficient (Wildman–Crippen LogP) is 5.86. The Morgan fingerprint density at radius 1 is 0.971 bits per heavy atom. The molecule has 2 N–H and O–H groups in total. The predicted molar refractivity (Wildman–Crippen MR) is 127 cm³/mol. The number of aromatic nitrogens is 1. The molecule has 0 unspecified atom stereocenters. The molecule has 7 heteroatoms. The van der Waals surface area contributed by atoms with Crippen LogP contribution in [0.5, 0.6) is 0 Å². The molecular weight excluding hydrogens is 439 g/mol. The van der Waals surface area contributed by atoms with Crippen molar-refractivity contribution in [3.05, 3.63) is 100 Å². The molecule has 1 heterocycles. The van der Waals surface area contributed by atoms with Gasteiger partial charge in [-0.25, -0.2) is 0 Å². The number of alkyl halides is 3. The Morgan fingerprint density at radius 2 is 1.71 bits per heavy atom. The highest BCUT2D eigenvalue weighted by molar-refractivity contribution is 5.83. The smallest absolute Gasteiger partial charge is 0.358 e. The van der Waals surface area contributed by atoms with Crippen LogP contribution in [0, 0.1) is 13.8 Å². The van der Waals surface area contributed by atoms with Gasteiger partial charge in [-0.3, -0.25) is 15.1 Å². The third-order valence-electron chi connectivity index (χ3n) is 6.02. The van der Waals surface area contributed by atoms with Crippen molar-refractivity contribution in [1.29, 1.82) is 0 Å². The first kappa shape index (κ1) is 25.4. The lowest BCUT2D eigenvalue weighted by Gasteiger charge is -2.26. The molecule has 4 nitrogen and oxygen atoms in total. The number of rotatable bonds is 9. The summed E-state index contributed by atoms with van der Waals surface area (Å²) in [5.74, 6) is -0.132. The summed E-state index contributed by atoms with van der Waals surface area (Å²) in [5.41, 5.74) is 4.14. The van der Waals surface area contributed by atoms with Gasteiger partial charge in [-0.05, 0) is 67.0 Å². The largest absolute Gasteiger partial charge is 0.433 e. The molecule has 0 fully saturated rings. The molecule has 0 saturated carbocycles. The molecule has 0 aliphatic rings. The van der Waals surface area contributed by atoms with Gasteiger partial charge < -0.3 is 5.32 Å². The van der Waals surface area contributed by atoms with E-state index in [0.29, 0.717) is 19.3 Å². The van der Waals surface area contributed by atoms with Gasteiger partial charge in [0.15, 0.2) is 0 Å². The van der Waals surface area contributed by atoms with E-state index >= 15 is 0 Å². The SMILES string of the molecule is CNC(=O)[C@H](N[C@@H](CCCc1ccc(C(F)(F)F)nc1)c1ccc(C)c(C)c1)c1ccccc1. The lowest BCUT2D eigenvalue weighted by molar-refractivity contribution is -0.141. The molecule has 0 bridgehead atoms. The maximum Gasteiger partial charge on any atom is 0.433 e. The number of nitrogens with zero attached hydrogens (tertiary/aromatic N) is 1. The van der Waals surface area contributed by atoms with Gasteiger partial charge in [0.1, 0.15) is 11.7 Å². The Balaban J connectivity index is 1.79. The quantitative estimate of drug-likeness (QED) is 0.413. The molecule has 3 aromatic rings. The van der Waals surface area contributed by atoms with Gasteiger partial charge in [0.25, 0.3) is 0 Å². The van der Waals surface area contributed by atoms with Crippen LogP contribution in [0.1, 0.15) is 58.4 Å². The monoisotopic (exact) mass is 469 g/mol. The van der Waals surface area contributed by atoms with E-state index in [9.17, 15) is 18.0 Å². The van der Waals surface area contributed by atoms with Gasteiger partial charge in [0, 0.05) is 19.3 Å². The average Bonchev–Trinajstić information content (AvgIpc) is 2.83. The first-order valence-electron chi connectivity index (χ1n) is 11.3. The Kier molecular flexibility index (Phi) is 8.45. The maximum absolute atomic E-state index is 12.8. The number of nitrogens with one attached hydrogen (secondary N) is 2. The van der Waals surface area contributed by atoms with Crippen molar-refractivity contribution in [2.75, 3.05) is 7.05 Å². The van der Waals surface area contributed by atoms with Crippen molar-refractivity contribution >= 4 is 5.91 Å². The summed E-state index contributed by atoms with van der Waals surface area (Å²) >= 11 is 0. The van der Waals surface area contributed by atoms with Gasteiger partial charge in [-0.1, -0.05) is 54.6 Å². The van der Waals surface area contributed by atoms with Gasteiger partial charge >= 0.3 is 6.18 Å². The zero-order valence-corrected chi connectivity index (χ0v) is 19.6. The molecule has 3 rings (SSSR count). The van der Waals surface area contributed by atoms with Crippen LogP contribution in [0.2, 0.25) is 0 Å². The van der Waals surface area contributed by atoms with Crippen LogP contribution >= 0.6 is 0 Å². The van der Waals surface area contributed by atoms with Crippen LogP contribution in [0.25, 0.3) is 0 Å². The third kappa shape index (κ3) is 6.67. The van der Waals surface area contributed by atoms with E-state index in [4.69, 9.17) is 0 Å². The zero-order chi connectivity index (χ0) is 24.7. The molecule has 1 amide bonds. The van der Waals surface area contributed by atoms with Gasteiger partial charge in [-0.2, -0.15) is 13.2 Å². The number of likely N-dealkylation sites (N-methyl/N-ethyl adjacent to an activating group) is 1. The Bertz CT molecular complexity index is 1080. The van der Waals surface area contributed by atoms with Crippen LogP contribution in [-0.4, -0.2) is 17.9 Å². The van der Waals surface area contributed by atoms with Crippen molar-refractivity contribution in [2.24, 2.45) is 0 Å². The fourth-order valence-corrected chi connectivity index (χ4v) is 3.89. The Hall–Kier alpha value is -3.19. The standard InChI is InChI=1S/C27H30F3N3O/c1-18-12-14-22(16-19(18)2)23(33-25(26(34)31-3)21-9-5-4-6-10-21)11-7-8-20-13-15-24(32-17-20)27(28,29)30/h4-6,9-10,12-17,23,25,33H,7-8,11H2,1-3H3,(H,31,34)/t23-,25+/m0/s1. The molecule has 1 aromatic heterocycles. The molecule has 0 spiro atoms. The van der Waals surface area contributed by atoms with E-state index in [1.165, 1.54) is 17.8 Å². The van der Waals surface area contributed by atoms with Crippen molar-refractivity contribution in [3.8, 4) is 0 Å². The summed E-state index contributed by atoms with van der Waals surface area (Å²) in [5, 5.41) is 6.26. The molecule has 0 saturated heterocycles. The van der Waals surface area contributed by atoms with Crippen molar-refractivity contribution in [2.45, 2.75) is 51.4 Å². The lowest BCUT2D eigenvalue weighted by atomic mass is 9.94. The van der Waals surface area contributed by atoms with Gasteiger partial charge in [0.2, 0.25) is 5.91 Å². The molecule has 2 aromatic carbocycles. The first-order chi connectivity index (χ1) is 16.2. The molecule has 180 valence electrons. The number of hydrogen-bond acceptors (Lipinski definition) is 3. The summed E-state index contributed by atoms with van der Waals surface area (Å²) in [4.78, 5) is 16.3. The number of carbonyl (C=O) groups excluding carboxylic acids is 1. The Labute approximate surface area is 198 Å². The number of aryl methyl sites for hydroxylation is 3. The minimum atomic E-state index is -4.44. The van der Waals surface area contributed by atoms with Crippen molar-refractivity contribution < 1.29 is 18.0 Å². The summed E-state index contributed by atoms with van der Waals surface area (Å²) in [6, 6.07) is 17.6. The summed E-state index contributed by atoms with van der Waals surface area (Å²) in [6.07, 6.45) is -1.15. The molecular formula is C27H30F3N3O. The topological polar surface area (TPSA) is 54.0 Å². The fourth-order valence-electron chi connectivity index (χ4n) is 3.89. The molecule has 0 aliphatic carbocycles. The third-order valence-corrected chi connectivity index (χ3v) is 6.02. The normalized spacial score (nSPS) is 13.4. The van der Waals surface area contributed by atoms with E-state index < -0.39 is 17.9 Å². The maximum atomic E-state index is 12.8. The average molecular weight is 470 g/mol. The van der Waals surface area contributed by atoms with E-state index in [1.54, 1.807) is 7.05 Å². The molecule has 0 radical (unpaired) electrons. The van der Waals surface area contributed by atoms with E-state index in [1.807, 2.05) is 30.3 Å². The number of carbonyl (C=O) groups is 1. The van der Waals surface area contributed by atoms with E-state index in [0.717, 1.165) is 28.3 Å². The minimum Gasteiger partial charge on any atom is -0.358 e. The van der Waals surface area contributed by atoms with E-state index in [2.05, 4.69) is 47.7 Å². The van der Waals surface area contributed by atoms with Crippen LogP contribution in [-0.2, 0) is 17.4 Å². The van der Waals surface area contributed by atoms with Crippen molar-refractivity contribution in [1.82, 2.24) is 15.6 Å². The molecule has 2 atom stereocenters. The zero-order valence-electron chi connectivity index (χ0n) is 19.6. The molecule has 0 aliphatic heterocycles. The second-order valence-corrected chi connectivity index (χ2v) is 8.46. The van der Waals surface area contributed by atoms with Crippen LogP contribution in [0.15, 0.2) is 66.9 Å². The number of amides is 1. The first-order valence-corrected chi connectivity index (χ1v) is 11.3. The number of benzene rings is 2. The van der Waals surface area contributed by atoms with Crippen LogP contribution in [0.4, 0.5) is 13.2 Å². The number of hydrogen-bond donors (Lipinski definition) is 2. The van der Waals surface area contributed by atoms with Crippen LogP contribution < -0.4 is 10.6 Å². The second kappa shape index (κ2) is 11.3. The minimum absolute atomic E-state index is 0.121. The number of pyridine rings is 1. The fraction of sp³-hybridized carbons (Fsp3) is 0.333. The molecule has 34 heavy (non-hydrogen) atoms. The Morgan fingerprint density at radius 3 is 2.29 bits per heavy atom. The highest BCUT2D eigenvalue weighted by atomic mass is 19.4. The highest BCUT2D eigenvalue weighted by Gasteiger charge is 2.32. The highest BCUT2D eigenvalue weighted by Crippen LogP contribution is 2.29. The van der Waals surface area contributed by atoms with Crippen LogP contribution in [0.3, 0.4) is 0 Å². The van der Waals surface area contributed by atoms with Gasteiger partial charge in [-0.15, -0.1) is 0 Å². The summed E-state index contributed by atoms with van der Waals surface area (Å²) < 4.78 is 38.3. The van der Waals surface area contributed by atoms with Crippen molar-refractivity contribution in [3.63, 3.8) is 0 Å². The lowest BCUT2D eigenvalue weighted by Crippen LogP contribution is -2.38. The van der Waals surface area contributed by atoms with E-state index in [-0.39, 0.29) is 11.9 Å². The summed E-state index contributed by atoms with van der Waals surface area (Å²) in [6.45, 7) is 4.10. The second-order valence-electron chi connectivity index (χ2n) is 8.46.